The molecule has 45 heavy (non-hydrogen) atoms. The Hall–Kier alpha value is -4.50. The van der Waals surface area contributed by atoms with Crippen molar-refractivity contribution in [2.45, 2.75) is 46.2 Å². The van der Waals surface area contributed by atoms with Crippen LogP contribution in [0.1, 0.15) is 59.9 Å². The first-order valence-corrected chi connectivity index (χ1v) is 15.8. The lowest BCUT2D eigenvalue weighted by Crippen LogP contribution is -2.54. The summed E-state index contributed by atoms with van der Waals surface area (Å²) in [6.07, 6.45) is 1.25. The average molecular weight is 671 g/mol. The van der Waals surface area contributed by atoms with Crippen molar-refractivity contribution in [3.8, 4) is 5.75 Å². The highest BCUT2D eigenvalue weighted by Crippen LogP contribution is 2.38. The van der Waals surface area contributed by atoms with Crippen molar-refractivity contribution in [1.82, 2.24) is 5.32 Å². The number of carbonyl (C=O) groups excluding carboxylic acids is 4. The Bertz CT molecular complexity index is 1770. The number of carbonyl (C=O) groups is 4. The van der Waals surface area contributed by atoms with Crippen LogP contribution in [0.2, 0.25) is 0 Å². The van der Waals surface area contributed by atoms with Gasteiger partial charge in [0.2, 0.25) is 5.91 Å². The third-order valence-corrected chi connectivity index (χ3v) is 8.93. The molecule has 5 rings (SSSR count). The molecule has 0 saturated heterocycles. The van der Waals surface area contributed by atoms with Crippen LogP contribution in [0.15, 0.2) is 83.3 Å². The van der Waals surface area contributed by atoms with Gasteiger partial charge in [-0.2, -0.15) is 0 Å². The quantitative estimate of drug-likeness (QED) is 0.195. The highest BCUT2D eigenvalue weighted by Gasteiger charge is 2.38. The molecule has 8 nitrogen and oxygen atoms in total. The zero-order valence-electron chi connectivity index (χ0n) is 25.8. The van der Waals surface area contributed by atoms with E-state index in [1.54, 1.807) is 47.2 Å². The summed E-state index contributed by atoms with van der Waals surface area (Å²) in [5.74, 6) is -0.653. The number of para-hydroxylation sites is 2. The van der Waals surface area contributed by atoms with Gasteiger partial charge in [0.15, 0.2) is 5.78 Å². The zero-order chi connectivity index (χ0) is 32.2. The normalized spacial score (nSPS) is 14.7. The fourth-order valence-corrected chi connectivity index (χ4v) is 6.24. The molecule has 4 aromatic rings. The molecule has 1 atom stereocenters. The van der Waals surface area contributed by atoms with E-state index in [1.165, 1.54) is 6.92 Å². The molecule has 1 aliphatic heterocycles. The van der Waals surface area contributed by atoms with Crippen LogP contribution in [0.25, 0.3) is 10.8 Å². The predicted octanol–water partition coefficient (Wildman–Crippen LogP) is 6.93. The Morgan fingerprint density at radius 2 is 1.60 bits per heavy atom. The Morgan fingerprint density at radius 1 is 0.933 bits per heavy atom. The molecule has 1 heterocycles. The van der Waals surface area contributed by atoms with Gasteiger partial charge in [0.05, 0.1) is 31.6 Å². The molecule has 3 amide bonds. The lowest BCUT2D eigenvalue weighted by molar-refractivity contribution is -0.130. The molecular weight excluding hydrogens is 634 g/mol. The maximum absolute atomic E-state index is 14.5. The number of halogens is 1. The fourth-order valence-electron chi connectivity index (χ4n) is 5.86. The van der Waals surface area contributed by atoms with Gasteiger partial charge in [0.25, 0.3) is 11.8 Å². The summed E-state index contributed by atoms with van der Waals surface area (Å²) in [5.41, 5.74) is 2.73. The average Bonchev–Trinajstić information content (AvgIpc) is 3.15. The molecule has 0 spiro atoms. The van der Waals surface area contributed by atoms with Crippen molar-refractivity contribution >= 4 is 61.6 Å². The van der Waals surface area contributed by atoms with E-state index >= 15 is 0 Å². The maximum atomic E-state index is 14.5. The fraction of sp³-hybridized carbons (Fsp3) is 0.278. The first kappa shape index (κ1) is 31.9. The van der Waals surface area contributed by atoms with Crippen molar-refractivity contribution in [1.29, 1.82) is 0 Å². The molecule has 0 fully saturated rings. The van der Waals surface area contributed by atoms with Crippen LogP contribution in [0, 0.1) is 5.92 Å². The molecule has 0 radical (unpaired) electrons. The van der Waals surface area contributed by atoms with E-state index < -0.39 is 6.04 Å². The van der Waals surface area contributed by atoms with Gasteiger partial charge in [-0.25, -0.2) is 0 Å². The predicted molar refractivity (Wildman–Crippen MR) is 180 cm³/mol. The smallest absolute Gasteiger partial charge is 0.258 e. The van der Waals surface area contributed by atoms with Crippen molar-refractivity contribution in [2.75, 3.05) is 23.5 Å². The first-order valence-electron chi connectivity index (χ1n) is 15.1. The van der Waals surface area contributed by atoms with Crippen LogP contribution >= 0.6 is 15.9 Å². The highest BCUT2D eigenvalue weighted by atomic mass is 79.9. The van der Waals surface area contributed by atoms with E-state index in [4.69, 9.17) is 4.74 Å². The van der Waals surface area contributed by atoms with Crippen LogP contribution < -0.4 is 19.9 Å². The Morgan fingerprint density at radius 3 is 2.24 bits per heavy atom. The summed E-state index contributed by atoms with van der Waals surface area (Å²) in [5, 5.41) is 4.88. The van der Waals surface area contributed by atoms with Crippen LogP contribution in [-0.2, 0) is 16.1 Å². The second kappa shape index (κ2) is 13.6. The number of fused-ring (bicyclic) bond motifs is 2. The van der Waals surface area contributed by atoms with Gasteiger partial charge in [-0.3, -0.25) is 19.2 Å². The lowest BCUT2D eigenvalue weighted by Gasteiger charge is -2.27. The Kier molecular flexibility index (Phi) is 9.68. The monoisotopic (exact) mass is 669 g/mol. The maximum Gasteiger partial charge on any atom is 0.258 e. The molecule has 0 saturated carbocycles. The molecule has 232 valence electrons. The number of amides is 3. The standard InChI is InChI=1S/C36H36BrN3O5/c1-5-23(6-2)34(42)38-30-21-40(35(43)25-13-11-24(12-14-25)22(3)41)32-10-8-7-9-31(32)39(36(30)44)20-29-28-17-16-27(37)19-26(28)15-18-33(29)45-4/h7-19,23,30H,5-6,20-21H2,1-4H3,(H,38,42)/t30-/m0/s1. The SMILES string of the molecule is CCC(CC)C(=O)N[C@H]1CN(C(=O)c2ccc(C(C)=O)cc2)c2ccccc2N(Cc2c(OC)ccc3cc(Br)ccc23)C1=O. The topological polar surface area (TPSA) is 96.0 Å². The number of hydrogen-bond acceptors (Lipinski definition) is 5. The summed E-state index contributed by atoms with van der Waals surface area (Å²) in [7, 11) is 1.60. The number of nitrogens with one attached hydrogen (secondary N) is 1. The van der Waals surface area contributed by atoms with Crippen LogP contribution in [0.4, 0.5) is 11.4 Å². The van der Waals surface area contributed by atoms with E-state index in [0.717, 1.165) is 20.8 Å². The number of ether oxygens (including phenoxy) is 1. The number of ketones is 1. The molecular formula is C36H36BrN3O5. The Balaban J connectivity index is 1.64. The minimum atomic E-state index is -1.01. The number of Topliss-reactive ketones (excluding diaryl/α,β-unsaturated/α-hetero) is 1. The number of benzene rings is 4. The van der Waals surface area contributed by atoms with Crippen LogP contribution in [-0.4, -0.2) is 43.2 Å². The summed E-state index contributed by atoms with van der Waals surface area (Å²) >= 11 is 3.55. The lowest BCUT2D eigenvalue weighted by atomic mass is 10.0. The minimum Gasteiger partial charge on any atom is -0.496 e. The first-order chi connectivity index (χ1) is 21.7. The largest absolute Gasteiger partial charge is 0.496 e. The van der Waals surface area contributed by atoms with Crippen molar-refractivity contribution in [2.24, 2.45) is 5.92 Å². The van der Waals surface area contributed by atoms with E-state index in [1.807, 2.05) is 62.4 Å². The van der Waals surface area contributed by atoms with E-state index in [0.29, 0.717) is 41.1 Å². The molecule has 0 aromatic heterocycles. The molecule has 0 aliphatic carbocycles. The van der Waals surface area contributed by atoms with Gasteiger partial charge in [-0.05, 0) is 73.0 Å². The summed E-state index contributed by atoms with van der Waals surface area (Å²) in [6, 6.07) is 22.5. The van der Waals surface area contributed by atoms with Gasteiger partial charge in [-0.15, -0.1) is 0 Å². The van der Waals surface area contributed by atoms with Gasteiger partial charge < -0.3 is 19.9 Å². The second-order valence-electron chi connectivity index (χ2n) is 11.1. The number of hydrogen-bond donors (Lipinski definition) is 1. The number of anilines is 2. The Labute approximate surface area is 271 Å². The zero-order valence-corrected chi connectivity index (χ0v) is 27.4. The van der Waals surface area contributed by atoms with E-state index in [-0.39, 0.29) is 42.5 Å². The molecule has 0 bridgehead atoms. The third kappa shape index (κ3) is 6.49. The molecule has 1 N–H and O–H groups in total. The second-order valence-corrected chi connectivity index (χ2v) is 12.1. The highest BCUT2D eigenvalue weighted by molar-refractivity contribution is 9.10. The van der Waals surface area contributed by atoms with Gasteiger partial charge in [0.1, 0.15) is 11.8 Å². The van der Waals surface area contributed by atoms with Gasteiger partial charge >= 0.3 is 0 Å². The molecule has 4 aromatic carbocycles. The van der Waals surface area contributed by atoms with Crippen molar-refractivity contribution in [3.63, 3.8) is 0 Å². The van der Waals surface area contributed by atoms with Crippen molar-refractivity contribution < 1.29 is 23.9 Å². The van der Waals surface area contributed by atoms with E-state index in [9.17, 15) is 19.2 Å². The summed E-state index contributed by atoms with van der Waals surface area (Å²) in [6.45, 7) is 5.43. The third-order valence-electron chi connectivity index (χ3n) is 8.44. The van der Waals surface area contributed by atoms with Crippen LogP contribution in [0.3, 0.4) is 0 Å². The van der Waals surface area contributed by atoms with E-state index in [2.05, 4.69) is 21.2 Å². The molecule has 9 heteroatoms. The van der Waals surface area contributed by atoms with Crippen molar-refractivity contribution in [3.05, 3.63) is 100 Å². The number of nitrogens with zero attached hydrogens (tertiary/aromatic N) is 2. The number of methoxy groups -OCH3 is 1. The van der Waals surface area contributed by atoms with Crippen LogP contribution in [0.5, 0.6) is 5.75 Å². The summed E-state index contributed by atoms with van der Waals surface area (Å²) < 4.78 is 6.70. The number of rotatable bonds is 9. The molecule has 1 aliphatic rings. The van der Waals surface area contributed by atoms with Gasteiger partial charge in [-0.1, -0.05) is 66.2 Å². The molecule has 0 unspecified atom stereocenters. The minimum absolute atomic E-state index is 0.0643. The van der Waals surface area contributed by atoms with Gasteiger partial charge in [0, 0.05) is 27.1 Å². The summed E-state index contributed by atoms with van der Waals surface area (Å²) in [4.78, 5) is 57.1.